The molecule has 1 aliphatic rings. The van der Waals surface area contributed by atoms with Gasteiger partial charge in [0.2, 0.25) is 5.91 Å². The fourth-order valence-electron chi connectivity index (χ4n) is 2.64. The highest BCUT2D eigenvalue weighted by Crippen LogP contribution is 2.29. The first-order chi connectivity index (χ1) is 13.8. The molecule has 0 bridgehead atoms. The molecule has 150 valence electrons. The first-order valence-corrected chi connectivity index (χ1v) is 8.80. The van der Waals surface area contributed by atoms with Crippen molar-refractivity contribution in [2.75, 3.05) is 10.6 Å². The first kappa shape index (κ1) is 19.9. The van der Waals surface area contributed by atoms with Gasteiger partial charge in [-0.15, -0.1) is 0 Å². The molecule has 9 heteroatoms. The van der Waals surface area contributed by atoms with E-state index >= 15 is 0 Å². The van der Waals surface area contributed by atoms with Crippen molar-refractivity contribution in [1.29, 1.82) is 0 Å². The second-order valence-electron chi connectivity index (χ2n) is 6.36. The molecule has 0 fully saturated rings. The summed E-state index contributed by atoms with van der Waals surface area (Å²) in [6.45, 7) is 1.40. The van der Waals surface area contributed by atoms with Gasteiger partial charge in [-0.2, -0.15) is 0 Å². The summed E-state index contributed by atoms with van der Waals surface area (Å²) in [7, 11) is 0. The fourth-order valence-corrected chi connectivity index (χ4v) is 2.64. The van der Waals surface area contributed by atoms with Crippen molar-refractivity contribution in [2.45, 2.75) is 25.6 Å². The Labute approximate surface area is 166 Å². The zero-order chi connectivity index (χ0) is 21.0. The molecular formula is C20H19N3O6. The maximum absolute atomic E-state index is 12.2. The Kier molecular flexibility index (Phi) is 5.77. The lowest BCUT2D eigenvalue weighted by molar-refractivity contribution is -0.155. The molecule has 0 radical (unpaired) electrons. The largest absolute Gasteiger partial charge is 0.478 e. The van der Waals surface area contributed by atoms with Crippen LogP contribution in [0, 0.1) is 0 Å². The SMILES string of the molecule is CC(OC(=O)CC1Oc2ccccc2NC1=O)C(=O)Nc1ccc(C(N)=O)cc1. The number of nitrogens with two attached hydrogens (primary N) is 1. The van der Waals surface area contributed by atoms with E-state index in [0.717, 1.165) is 0 Å². The quantitative estimate of drug-likeness (QED) is 0.631. The van der Waals surface area contributed by atoms with Crippen LogP contribution < -0.4 is 21.1 Å². The fraction of sp³-hybridized carbons (Fsp3) is 0.200. The predicted octanol–water partition coefficient (Wildman–Crippen LogP) is 1.45. The summed E-state index contributed by atoms with van der Waals surface area (Å²) in [4.78, 5) is 47.5. The zero-order valence-corrected chi connectivity index (χ0v) is 15.5. The van der Waals surface area contributed by atoms with Gasteiger partial charge in [-0.1, -0.05) is 12.1 Å². The molecule has 0 aromatic heterocycles. The van der Waals surface area contributed by atoms with Gasteiger partial charge in [-0.05, 0) is 43.3 Å². The Morgan fingerprint density at radius 3 is 2.55 bits per heavy atom. The van der Waals surface area contributed by atoms with Gasteiger partial charge < -0.3 is 25.8 Å². The standard InChI is InChI=1S/C20H19N3O6/c1-11(19(26)22-13-8-6-12(7-9-13)18(21)25)28-17(24)10-16-20(27)23-14-4-2-3-5-15(14)29-16/h2-9,11,16H,10H2,1H3,(H2,21,25)(H,22,26)(H,23,27). The van der Waals surface area contributed by atoms with Crippen LogP contribution in [0.2, 0.25) is 0 Å². The van der Waals surface area contributed by atoms with Crippen molar-refractivity contribution in [2.24, 2.45) is 5.73 Å². The van der Waals surface area contributed by atoms with Crippen molar-refractivity contribution >= 4 is 35.1 Å². The van der Waals surface area contributed by atoms with Gasteiger partial charge in [-0.25, -0.2) is 0 Å². The van der Waals surface area contributed by atoms with Crippen LogP contribution in [0.3, 0.4) is 0 Å². The molecule has 9 nitrogen and oxygen atoms in total. The summed E-state index contributed by atoms with van der Waals surface area (Å²) in [6, 6.07) is 12.8. The van der Waals surface area contributed by atoms with Crippen LogP contribution in [0.15, 0.2) is 48.5 Å². The molecule has 3 amide bonds. The maximum Gasteiger partial charge on any atom is 0.310 e. The topological polar surface area (TPSA) is 137 Å². The number of ether oxygens (including phenoxy) is 2. The highest BCUT2D eigenvalue weighted by atomic mass is 16.6. The third kappa shape index (κ3) is 4.89. The normalized spacial score (nSPS) is 15.9. The summed E-state index contributed by atoms with van der Waals surface area (Å²) >= 11 is 0. The van der Waals surface area contributed by atoms with Gasteiger partial charge in [-0.3, -0.25) is 19.2 Å². The molecule has 1 aliphatic heterocycles. The molecule has 29 heavy (non-hydrogen) atoms. The van der Waals surface area contributed by atoms with Crippen molar-refractivity contribution in [3.63, 3.8) is 0 Å². The number of nitrogens with one attached hydrogen (secondary N) is 2. The van der Waals surface area contributed by atoms with Crippen LogP contribution in [-0.4, -0.2) is 35.9 Å². The number of anilines is 2. The van der Waals surface area contributed by atoms with Crippen LogP contribution >= 0.6 is 0 Å². The minimum absolute atomic E-state index is 0.301. The molecule has 0 aliphatic carbocycles. The smallest absolute Gasteiger partial charge is 0.310 e. The predicted molar refractivity (Wildman–Crippen MR) is 103 cm³/mol. The second-order valence-corrected chi connectivity index (χ2v) is 6.36. The Morgan fingerprint density at radius 2 is 1.86 bits per heavy atom. The molecule has 0 saturated carbocycles. The average molecular weight is 397 g/mol. The Bertz CT molecular complexity index is 957. The minimum Gasteiger partial charge on any atom is -0.478 e. The number of amides is 3. The lowest BCUT2D eigenvalue weighted by Gasteiger charge is -2.25. The van der Waals surface area contributed by atoms with Gasteiger partial charge >= 0.3 is 5.97 Å². The second kappa shape index (κ2) is 8.42. The zero-order valence-electron chi connectivity index (χ0n) is 15.5. The number of benzene rings is 2. The third-order valence-corrected chi connectivity index (χ3v) is 4.17. The third-order valence-electron chi connectivity index (χ3n) is 4.17. The minimum atomic E-state index is -1.10. The number of hydrogen-bond acceptors (Lipinski definition) is 6. The molecule has 2 atom stereocenters. The number of para-hydroxylation sites is 2. The van der Waals surface area contributed by atoms with E-state index in [1.807, 2.05) is 0 Å². The first-order valence-electron chi connectivity index (χ1n) is 8.80. The van der Waals surface area contributed by atoms with E-state index in [1.54, 1.807) is 24.3 Å². The van der Waals surface area contributed by atoms with E-state index in [2.05, 4.69) is 10.6 Å². The number of hydrogen-bond donors (Lipinski definition) is 3. The molecule has 2 unspecified atom stereocenters. The van der Waals surface area contributed by atoms with Crippen LogP contribution in [0.5, 0.6) is 5.75 Å². The van der Waals surface area contributed by atoms with E-state index < -0.39 is 35.9 Å². The highest BCUT2D eigenvalue weighted by Gasteiger charge is 2.31. The molecule has 4 N–H and O–H groups in total. The number of carbonyl (C=O) groups excluding carboxylic acids is 4. The van der Waals surface area contributed by atoms with Gasteiger partial charge in [0.25, 0.3) is 11.8 Å². The Hall–Kier alpha value is -3.88. The maximum atomic E-state index is 12.2. The van der Waals surface area contributed by atoms with Gasteiger partial charge in [0, 0.05) is 11.3 Å². The van der Waals surface area contributed by atoms with E-state index in [-0.39, 0.29) is 6.42 Å². The van der Waals surface area contributed by atoms with Crippen LogP contribution in [0.4, 0.5) is 11.4 Å². The molecular weight excluding hydrogens is 378 g/mol. The number of carbonyl (C=O) groups is 4. The van der Waals surface area contributed by atoms with Crippen molar-refractivity contribution in [3.8, 4) is 5.75 Å². The van der Waals surface area contributed by atoms with Gasteiger partial charge in [0.15, 0.2) is 12.2 Å². The summed E-state index contributed by atoms with van der Waals surface area (Å²) in [6.07, 6.45) is -2.49. The van der Waals surface area contributed by atoms with Crippen molar-refractivity contribution in [1.82, 2.24) is 0 Å². The lowest BCUT2D eigenvalue weighted by atomic mass is 10.1. The molecule has 3 rings (SSSR count). The summed E-state index contributed by atoms with van der Waals surface area (Å²) in [5.41, 5.74) is 6.40. The summed E-state index contributed by atoms with van der Waals surface area (Å²) < 4.78 is 10.6. The van der Waals surface area contributed by atoms with Crippen molar-refractivity contribution < 1.29 is 28.7 Å². The Balaban J connectivity index is 1.52. The number of rotatable bonds is 6. The lowest BCUT2D eigenvalue weighted by Crippen LogP contribution is -2.40. The number of esters is 1. The van der Waals surface area contributed by atoms with E-state index in [1.165, 1.54) is 31.2 Å². The van der Waals surface area contributed by atoms with Gasteiger partial charge in [0.1, 0.15) is 5.75 Å². The van der Waals surface area contributed by atoms with E-state index in [0.29, 0.717) is 22.7 Å². The van der Waals surface area contributed by atoms with Crippen LogP contribution in [-0.2, 0) is 19.1 Å². The van der Waals surface area contributed by atoms with E-state index in [4.69, 9.17) is 15.2 Å². The average Bonchev–Trinajstić information content (AvgIpc) is 2.68. The molecule has 1 heterocycles. The number of primary amides is 1. The molecule has 0 saturated heterocycles. The van der Waals surface area contributed by atoms with Crippen molar-refractivity contribution in [3.05, 3.63) is 54.1 Å². The summed E-state index contributed by atoms with van der Waals surface area (Å²) in [5.74, 6) is -1.91. The van der Waals surface area contributed by atoms with Crippen LogP contribution in [0.1, 0.15) is 23.7 Å². The van der Waals surface area contributed by atoms with Gasteiger partial charge in [0.05, 0.1) is 12.1 Å². The van der Waals surface area contributed by atoms with Crippen LogP contribution in [0.25, 0.3) is 0 Å². The molecule has 0 spiro atoms. The number of fused-ring (bicyclic) bond motifs is 1. The summed E-state index contributed by atoms with van der Waals surface area (Å²) in [5, 5.41) is 5.21. The molecule has 2 aromatic carbocycles. The highest BCUT2D eigenvalue weighted by molar-refractivity contribution is 6.00. The Morgan fingerprint density at radius 1 is 1.17 bits per heavy atom. The van der Waals surface area contributed by atoms with E-state index in [9.17, 15) is 19.2 Å². The monoisotopic (exact) mass is 397 g/mol. The molecule has 2 aromatic rings.